The number of anilines is 1. The van der Waals surface area contributed by atoms with E-state index in [9.17, 15) is 18.4 Å². The first-order chi connectivity index (χ1) is 13.9. The van der Waals surface area contributed by atoms with Gasteiger partial charge in [0.05, 0.1) is 5.52 Å². The molecule has 0 aliphatic heterocycles. The Bertz CT molecular complexity index is 1030. The minimum atomic E-state index is -1.04. The molecular weight excluding hydrogens is 380 g/mol. The van der Waals surface area contributed by atoms with Crippen molar-refractivity contribution in [3.8, 4) is 0 Å². The Morgan fingerprint density at radius 2 is 1.79 bits per heavy atom. The van der Waals surface area contributed by atoms with E-state index in [0.29, 0.717) is 6.42 Å². The van der Waals surface area contributed by atoms with Crippen molar-refractivity contribution in [1.82, 2.24) is 15.3 Å². The molecule has 1 heterocycles. The zero-order valence-electron chi connectivity index (χ0n) is 15.4. The van der Waals surface area contributed by atoms with Crippen LogP contribution in [0.2, 0.25) is 0 Å². The van der Waals surface area contributed by atoms with Crippen molar-refractivity contribution >= 4 is 28.5 Å². The van der Waals surface area contributed by atoms with Crippen LogP contribution in [0.4, 0.5) is 14.6 Å². The summed E-state index contributed by atoms with van der Waals surface area (Å²) >= 11 is 0. The minimum absolute atomic E-state index is 0.00469. The van der Waals surface area contributed by atoms with E-state index in [1.54, 1.807) is 0 Å². The number of amides is 2. The highest BCUT2D eigenvalue weighted by Gasteiger charge is 2.21. The summed E-state index contributed by atoms with van der Waals surface area (Å²) in [6.45, 7) is 0.0888. The fraction of sp³-hybridized carbons (Fsp3) is 0.200. The number of carbonyl (C=O) groups is 2. The molecule has 2 amide bonds. The quantitative estimate of drug-likeness (QED) is 0.536. The van der Waals surface area contributed by atoms with Crippen LogP contribution in [-0.2, 0) is 16.0 Å². The Hall–Kier alpha value is -3.62. The number of nitrogens with zero attached hydrogens (tertiary/aromatic N) is 2. The van der Waals surface area contributed by atoms with Crippen LogP contribution >= 0.6 is 0 Å². The molecular formula is C20H19F2N5O2. The molecule has 0 radical (unpaired) electrons. The predicted molar refractivity (Wildman–Crippen MR) is 104 cm³/mol. The Morgan fingerprint density at radius 3 is 2.52 bits per heavy atom. The topological polar surface area (TPSA) is 110 Å². The average Bonchev–Trinajstić information content (AvgIpc) is 2.69. The van der Waals surface area contributed by atoms with Crippen LogP contribution in [0, 0.1) is 11.6 Å². The summed E-state index contributed by atoms with van der Waals surface area (Å²) < 4.78 is 27.2. The van der Waals surface area contributed by atoms with Crippen molar-refractivity contribution in [1.29, 1.82) is 0 Å². The third-order valence-electron chi connectivity index (χ3n) is 4.26. The van der Waals surface area contributed by atoms with Crippen molar-refractivity contribution in [2.45, 2.75) is 18.9 Å². The minimum Gasteiger partial charge on any atom is -0.370 e. The van der Waals surface area contributed by atoms with Gasteiger partial charge in [0.15, 0.2) is 11.6 Å². The number of benzene rings is 2. The Balaban J connectivity index is 1.88. The van der Waals surface area contributed by atoms with Gasteiger partial charge in [-0.1, -0.05) is 30.3 Å². The van der Waals surface area contributed by atoms with Gasteiger partial charge in [-0.25, -0.2) is 18.7 Å². The molecule has 7 nitrogen and oxygen atoms in total. The van der Waals surface area contributed by atoms with Gasteiger partial charge in [0.25, 0.3) is 0 Å². The van der Waals surface area contributed by atoms with E-state index in [-0.39, 0.29) is 35.6 Å². The summed E-state index contributed by atoms with van der Waals surface area (Å²) in [6.07, 6.45) is 1.51. The van der Waals surface area contributed by atoms with E-state index < -0.39 is 23.6 Å². The molecule has 0 spiro atoms. The van der Waals surface area contributed by atoms with E-state index in [2.05, 4.69) is 20.6 Å². The summed E-state index contributed by atoms with van der Waals surface area (Å²) in [5.74, 6) is -2.78. The Morgan fingerprint density at radius 1 is 1.07 bits per heavy atom. The SMILES string of the molecule is NC(=O)CCNC(=O)[C@@H](Cc1ccccc1)Nc1ncnc2cc(F)c(F)cc12. The maximum absolute atomic E-state index is 13.7. The van der Waals surface area contributed by atoms with Gasteiger partial charge in [-0.15, -0.1) is 0 Å². The van der Waals surface area contributed by atoms with Crippen LogP contribution < -0.4 is 16.4 Å². The number of rotatable bonds is 8. The number of hydrogen-bond donors (Lipinski definition) is 3. The number of nitrogens with one attached hydrogen (secondary N) is 2. The molecule has 4 N–H and O–H groups in total. The third-order valence-corrected chi connectivity index (χ3v) is 4.26. The zero-order chi connectivity index (χ0) is 20.8. The summed E-state index contributed by atoms with van der Waals surface area (Å²) in [5.41, 5.74) is 6.18. The molecule has 1 atom stereocenters. The van der Waals surface area contributed by atoms with Crippen molar-refractivity contribution in [3.05, 3.63) is 66.0 Å². The molecule has 0 bridgehead atoms. The van der Waals surface area contributed by atoms with E-state index in [1.807, 2.05) is 30.3 Å². The lowest BCUT2D eigenvalue weighted by Crippen LogP contribution is -2.42. The maximum Gasteiger partial charge on any atom is 0.242 e. The molecule has 29 heavy (non-hydrogen) atoms. The molecule has 0 aliphatic rings. The second-order valence-electron chi connectivity index (χ2n) is 6.40. The molecule has 1 aromatic heterocycles. The van der Waals surface area contributed by atoms with Gasteiger partial charge in [-0.3, -0.25) is 9.59 Å². The molecule has 3 rings (SSSR count). The summed E-state index contributed by atoms with van der Waals surface area (Å²) in [6, 6.07) is 10.4. The van der Waals surface area contributed by atoms with Crippen molar-refractivity contribution in [2.75, 3.05) is 11.9 Å². The largest absolute Gasteiger partial charge is 0.370 e. The number of halogens is 2. The highest BCUT2D eigenvalue weighted by molar-refractivity contribution is 5.92. The smallest absolute Gasteiger partial charge is 0.242 e. The number of primary amides is 1. The molecule has 0 saturated carbocycles. The third kappa shape index (κ3) is 5.22. The van der Waals surface area contributed by atoms with Gasteiger partial charge < -0.3 is 16.4 Å². The summed E-state index contributed by atoms with van der Waals surface area (Å²) in [5, 5.41) is 5.87. The van der Waals surface area contributed by atoms with E-state index in [0.717, 1.165) is 17.7 Å². The number of aromatic nitrogens is 2. The van der Waals surface area contributed by atoms with Crippen LogP contribution in [-0.4, -0.2) is 34.4 Å². The van der Waals surface area contributed by atoms with Gasteiger partial charge in [-0.2, -0.15) is 0 Å². The fourth-order valence-electron chi connectivity index (χ4n) is 2.82. The van der Waals surface area contributed by atoms with Gasteiger partial charge >= 0.3 is 0 Å². The number of nitrogens with two attached hydrogens (primary N) is 1. The van der Waals surface area contributed by atoms with Crippen LogP contribution in [0.3, 0.4) is 0 Å². The second kappa shape index (κ2) is 9.05. The summed E-state index contributed by atoms with van der Waals surface area (Å²) in [7, 11) is 0. The monoisotopic (exact) mass is 399 g/mol. The molecule has 2 aromatic carbocycles. The van der Waals surface area contributed by atoms with Crippen LogP contribution in [0.5, 0.6) is 0 Å². The van der Waals surface area contributed by atoms with Crippen LogP contribution in [0.25, 0.3) is 10.9 Å². The fourth-order valence-corrected chi connectivity index (χ4v) is 2.82. The van der Waals surface area contributed by atoms with Gasteiger partial charge in [0, 0.05) is 30.8 Å². The van der Waals surface area contributed by atoms with Gasteiger partial charge in [0.2, 0.25) is 11.8 Å². The number of hydrogen-bond acceptors (Lipinski definition) is 5. The van der Waals surface area contributed by atoms with Gasteiger partial charge in [-0.05, 0) is 11.6 Å². The summed E-state index contributed by atoms with van der Waals surface area (Å²) in [4.78, 5) is 31.6. The standard InChI is InChI=1S/C20H19F2N5O2/c21-14-9-13-16(10-15(14)22)25-11-26-19(13)27-17(8-12-4-2-1-3-5-12)20(29)24-7-6-18(23)28/h1-5,9-11,17H,6-8H2,(H2,23,28)(H,24,29)(H,25,26,27)/t17-/m1/s1. The predicted octanol–water partition coefficient (Wildman–Crippen LogP) is 1.92. The molecule has 0 saturated heterocycles. The molecule has 150 valence electrons. The van der Waals surface area contributed by atoms with Crippen LogP contribution in [0.15, 0.2) is 48.8 Å². The van der Waals surface area contributed by atoms with Crippen molar-refractivity contribution < 1.29 is 18.4 Å². The van der Waals surface area contributed by atoms with Crippen molar-refractivity contribution in [2.24, 2.45) is 5.73 Å². The Labute approximate surface area is 165 Å². The van der Waals surface area contributed by atoms with Crippen LogP contribution in [0.1, 0.15) is 12.0 Å². The highest BCUT2D eigenvalue weighted by Crippen LogP contribution is 2.23. The first-order valence-corrected chi connectivity index (χ1v) is 8.90. The zero-order valence-corrected chi connectivity index (χ0v) is 15.4. The average molecular weight is 399 g/mol. The first-order valence-electron chi connectivity index (χ1n) is 8.90. The molecule has 0 unspecified atom stereocenters. The number of fused-ring (bicyclic) bond motifs is 1. The van der Waals surface area contributed by atoms with Gasteiger partial charge in [0.1, 0.15) is 18.2 Å². The second-order valence-corrected chi connectivity index (χ2v) is 6.40. The lowest BCUT2D eigenvalue weighted by atomic mass is 10.0. The maximum atomic E-state index is 13.7. The molecule has 3 aromatic rings. The Kier molecular flexibility index (Phi) is 6.28. The number of carbonyl (C=O) groups excluding carboxylic acids is 2. The molecule has 9 heteroatoms. The van der Waals surface area contributed by atoms with E-state index in [4.69, 9.17) is 5.73 Å². The molecule has 0 aliphatic carbocycles. The molecule has 0 fully saturated rings. The first kappa shape index (κ1) is 20.1. The van der Waals surface area contributed by atoms with E-state index >= 15 is 0 Å². The van der Waals surface area contributed by atoms with E-state index in [1.165, 1.54) is 6.33 Å². The lowest BCUT2D eigenvalue weighted by molar-refractivity contribution is -0.122. The highest BCUT2D eigenvalue weighted by atomic mass is 19.2. The van der Waals surface area contributed by atoms with Crippen molar-refractivity contribution in [3.63, 3.8) is 0 Å². The lowest BCUT2D eigenvalue weighted by Gasteiger charge is -2.20. The normalized spacial score (nSPS) is 11.8.